The summed E-state index contributed by atoms with van der Waals surface area (Å²) in [5.41, 5.74) is 0. The molecule has 1 aromatic rings. The van der Waals surface area contributed by atoms with Gasteiger partial charge in [0.2, 0.25) is 11.9 Å². The van der Waals surface area contributed by atoms with Crippen LogP contribution in [-0.2, 0) is 0 Å². The molecule has 2 heterocycles. The Bertz CT molecular complexity index is 408. The molecule has 0 saturated carbocycles. The number of ether oxygens (including phenoxy) is 1. The van der Waals surface area contributed by atoms with Gasteiger partial charge < -0.3 is 20.3 Å². The van der Waals surface area contributed by atoms with Crippen LogP contribution in [0, 0.1) is 0 Å². The first kappa shape index (κ1) is 14.8. The Labute approximate surface area is 120 Å². The Kier molecular flexibility index (Phi) is 5.79. The molecule has 1 aliphatic heterocycles. The highest BCUT2D eigenvalue weighted by Gasteiger charge is 2.11. The summed E-state index contributed by atoms with van der Waals surface area (Å²) in [7, 11) is 1.78. The summed E-state index contributed by atoms with van der Waals surface area (Å²) in [6.07, 6.45) is 3.55. The van der Waals surface area contributed by atoms with Gasteiger partial charge in [-0.3, -0.25) is 0 Å². The van der Waals surface area contributed by atoms with Gasteiger partial charge in [0.15, 0.2) is 0 Å². The number of likely N-dealkylation sites (tertiary alicyclic amines) is 1. The lowest BCUT2D eigenvalue weighted by atomic mass is 10.4. The number of hydrogen-bond donors (Lipinski definition) is 2. The lowest BCUT2D eigenvalue weighted by molar-refractivity contribution is 0.292. The van der Waals surface area contributed by atoms with Crippen LogP contribution in [0.25, 0.3) is 0 Å². The predicted octanol–water partition coefficient (Wildman–Crippen LogP) is 1.21. The lowest BCUT2D eigenvalue weighted by Gasteiger charge is -2.15. The molecule has 0 amide bonds. The quantitative estimate of drug-likeness (QED) is 0.741. The third-order valence-electron chi connectivity index (χ3n) is 3.18. The first-order valence-electron chi connectivity index (χ1n) is 7.34. The second-order valence-electron chi connectivity index (χ2n) is 4.84. The van der Waals surface area contributed by atoms with E-state index in [0.717, 1.165) is 19.5 Å². The second-order valence-corrected chi connectivity index (χ2v) is 4.84. The largest absolute Gasteiger partial charge is 0.463 e. The summed E-state index contributed by atoms with van der Waals surface area (Å²) >= 11 is 0. The summed E-state index contributed by atoms with van der Waals surface area (Å²) in [5.74, 6) is 1.09. The summed E-state index contributed by atoms with van der Waals surface area (Å²) in [6.45, 7) is 6.92. The number of aromatic nitrogens is 3. The molecule has 0 aliphatic carbocycles. The fraction of sp³-hybridized carbons (Fsp3) is 0.769. The molecule has 0 aromatic carbocycles. The van der Waals surface area contributed by atoms with Crippen molar-refractivity contribution in [3.05, 3.63) is 0 Å². The van der Waals surface area contributed by atoms with Crippen molar-refractivity contribution < 1.29 is 4.74 Å². The molecule has 1 aliphatic rings. The smallest absolute Gasteiger partial charge is 0.323 e. The predicted molar refractivity (Wildman–Crippen MR) is 79.3 cm³/mol. The van der Waals surface area contributed by atoms with Crippen molar-refractivity contribution in [3.8, 4) is 6.01 Å². The van der Waals surface area contributed by atoms with E-state index in [4.69, 9.17) is 4.74 Å². The molecule has 7 heteroatoms. The van der Waals surface area contributed by atoms with Gasteiger partial charge in [0.25, 0.3) is 0 Å². The van der Waals surface area contributed by atoms with Crippen molar-refractivity contribution in [1.29, 1.82) is 0 Å². The van der Waals surface area contributed by atoms with E-state index in [9.17, 15) is 0 Å². The normalized spacial score (nSPS) is 15.3. The summed E-state index contributed by atoms with van der Waals surface area (Å²) < 4.78 is 5.47. The molecule has 20 heavy (non-hydrogen) atoms. The lowest BCUT2D eigenvalue weighted by Crippen LogP contribution is -2.26. The maximum absolute atomic E-state index is 5.47. The minimum Gasteiger partial charge on any atom is -0.463 e. The average molecular weight is 280 g/mol. The molecule has 2 rings (SSSR count). The monoisotopic (exact) mass is 280 g/mol. The van der Waals surface area contributed by atoms with Crippen LogP contribution in [0.15, 0.2) is 0 Å². The van der Waals surface area contributed by atoms with E-state index in [1.54, 1.807) is 7.05 Å². The van der Waals surface area contributed by atoms with E-state index < -0.39 is 0 Å². The Hall–Kier alpha value is -1.63. The first-order valence-corrected chi connectivity index (χ1v) is 7.34. The number of nitrogens with one attached hydrogen (secondary N) is 2. The number of hydrogen-bond acceptors (Lipinski definition) is 7. The third kappa shape index (κ3) is 4.48. The summed E-state index contributed by atoms with van der Waals surface area (Å²) in [4.78, 5) is 15.2. The van der Waals surface area contributed by atoms with Gasteiger partial charge in [-0.05, 0) is 32.4 Å². The van der Waals surface area contributed by atoms with Crippen LogP contribution in [0.3, 0.4) is 0 Å². The van der Waals surface area contributed by atoms with Gasteiger partial charge in [-0.25, -0.2) is 0 Å². The van der Waals surface area contributed by atoms with Crippen LogP contribution in [0.5, 0.6) is 6.01 Å². The maximum atomic E-state index is 5.47. The third-order valence-corrected chi connectivity index (χ3v) is 3.18. The van der Waals surface area contributed by atoms with Gasteiger partial charge in [-0.1, -0.05) is 6.92 Å². The molecule has 0 atom stereocenters. The Morgan fingerprint density at radius 2 is 1.90 bits per heavy atom. The molecule has 0 bridgehead atoms. The van der Waals surface area contributed by atoms with E-state index in [2.05, 4.69) is 37.4 Å². The van der Waals surface area contributed by atoms with Crippen molar-refractivity contribution in [2.24, 2.45) is 0 Å². The van der Waals surface area contributed by atoms with E-state index >= 15 is 0 Å². The molecule has 0 unspecified atom stereocenters. The average Bonchev–Trinajstić information content (AvgIpc) is 2.98. The number of rotatable bonds is 8. The van der Waals surface area contributed by atoms with Crippen LogP contribution in [-0.4, -0.2) is 59.7 Å². The zero-order valence-electron chi connectivity index (χ0n) is 12.4. The zero-order valence-corrected chi connectivity index (χ0v) is 12.4. The number of anilines is 2. The molecule has 2 N–H and O–H groups in total. The highest BCUT2D eigenvalue weighted by atomic mass is 16.5. The second kappa shape index (κ2) is 7.84. The number of nitrogens with zero attached hydrogens (tertiary/aromatic N) is 4. The fourth-order valence-electron chi connectivity index (χ4n) is 2.14. The molecular weight excluding hydrogens is 256 g/mol. The van der Waals surface area contributed by atoms with Crippen molar-refractivity contribution in [3.63, 3.8) is 0 Å². The van der Waals surface area contributed by atoms with Crippen molar-refractivity contribution in [1.82, 2.24) is 19.9 Å². The molecule has 7 nitrogen and oxygen atoms in total. The van der Waals surface area contributed by atoms with Crippen LogP contribution in [0.4, 0.5) is 11.9 Å². The highest BCUT2D eigenvalue weighted by molar-refractivity contribution is 5.35. The van der Waals surface area contributed by atoms with Crippen molar-refractivity contribution in [2.45, 2.75) is 26.2 Å². The minimum atomic E-state index is 0.370. The van der Waals surface area contributed by atoms with Crippen LogP contribution in [0.2, 0.25) is 0 Å². The van der Waals surface area contributed by atoms with Crippen molar-refractivity contribution >= 4 is 11.9 Å². The summed E-state index contributed by atoms with van der Waals surface area (Å²) in [5, 5.41) is 6.16. The Morgan fingerprint density at radius 3 is 2.60 bits per heavy atom. The van der Waals surface area contributed by atoms with Gasteiger partial charge in [0.05, 0.1) is 6.61 Å². The Morgan fingerprint density at radius 1 is 1.15 bits per heavy atom. The molecule has 1 aromatic heterocycles. The van der Waals surface area contributed by atoms with E-state index in [1.165, 1.54) is 25.9 Å². The first-order chi connectivity index (χ1) is 9.81. The van der Waals surface area contributed by atoms with Crippen LogP contribution >= 0.6 is 0 Å². The van der Waals surface area contributed by atoms with E-state index in [-0.39, 0.29) is 0 Å². The van der Waals surface area contributed by atoms with Gasteiger partial charge in [0, 0.05) is 20.1 Å². The van der Waals surface area contributed by atoms with Gasteiger partial charge in [0.1, 0.15) is 0 Å². The van der Waals surface area contributed by atoms with Gasteiger partial charge >= 0.3 is 6.01 Å². The Balaban J connectivity index is 1.87. The molecule has 1 fully saturated rings. The molecule has 112 valence electrons. The standard InChI is InChI=1S/C13H24N6O/c1-3-10-20-13-17-11(14-2)16-12(18-13)15-6-9-19-7-4-5-8-19/h3-10H2,1-2H3,(H2,14,15,16,17,18). The van der Waals surface area contributed by atoms with E-state index in [0.29, 0.717) is 24.5 Å². The van der Waals surface area contributed by atoms with Gasteiger partial charge in [-0.2, -0.15) is 15.0 Å². The zero-order chi connectivity index (χ0) is 14.2. The maximum Gasteiger partial charge on any atom is 0.323 e. The van der Waals surface area contributed by atoms with Crippen LogP contribution in [0.1, 0.15) is 26.2 Å². The molecular formula is C13H24N6O. The minimum absolute atomic E-state index is 0.370. The van der Waals surface area contributed by atoms with E-state index in [1.807, 2.05) is 0 Å². The fourth-order valence-corrected chi connectivity index (χ4v) is 2.14. The summed E-state index contributed by atoms with van der Waals surface area (Å²) in [6, 6.07) is 0.370. The SMILES string of the molecule is CCCOc1nc(NC)nc(NCCN2CCCC2)n1. The molecule has 0 radical (unpaired) electrons. The van der Waals surface area contributed by atoms with Crippen molar-refractivity contribution in [2.75, 3.05) is 50.5 Å². The topological polar surface area (TPSA) is 75.2 Å². The van der Waals surface area contributed by atoms with Crippen LogP contribution < -0.4 is 15.4 Å². The van der Waals surface area contributed by atoms with Gasteiger partial charge in [-0.15, -0.1) is 0 Å². The molecule has 1 saturated heterocycles. The highest BCUT2D eigenvalue weighted by Crippen LogP contribution is 2.11. The molecule has 0 spiro atoms.